The van der Waals surface area contributed by atoms with E-state index in [-0.39, 0.29) is 0 Å². The number of halogens is 1. The van der Waals surface area contributed by atoms with Crippen LogP contribution in [0.25, 0.3) is 0 Å². The van der Waals surface area contributed by atoms with E-state index in [0.717, 1.165) is 25.7 Å². The Bertz CT molecular complexity index is 527. The van der Waals surface area contributed by atoms with Crippen molar-refractivity contribution >= 4 is 27.3 Å². The zero-order chi connectivity index (χ0) is 13.0. The topological polar surface area (TPSA) is 44.5 Å². The van der Waals surface area contributed by atoms with Crippen LogP contribution in [0.3, 0.4) is 0 Å². The molecule has 3 nitrogen and oxygen atoms in total. The van der Waals surface area contributed by atoms with Gasteiger partial charge in [-0.2, -0.15) is 0 Å². The molecule has 1 aromatic heterocycles. The molecule has 2 rings (SSSR count). The van der Waals surface area contributed by atoms with Crippen molar-refractivity contribution in [1.82, 2.24) is 0 Å². The third kappa shape index (κ3) is 3.25. The van der Waals surface area contributed by atoms with Crippen molar-refractivity contribution in [3.05, 3.63) is 44.6 Å². The number of hydrogen-bond acceptors (Lipinski definition) is 4. The summed E-state index contributed by atoms with van der Waals surface area (Å²) in [6.45, 7) is 0.990. The number of thiophene rings is 1. The first kappa shape index (κ1) is 13.4. The first-order chi connectivity index (χ1) is 8.72. The number of rotatable bonds is 5. The molecule has 2 aromatic rings. The summed E-state index contributed by atoms with van der Waals surface area (Å²) in [7, 11) is 1.64. The van der Waals surface area contributed by atoms with E-state index in [4.69, 9.17) is 15.2 Å². The van der Waals surface area contributed by atoms with Crippen molar-refractivity contribution in [1.29, 1.82) is 0 Å². The Morgan fingerprint density at radius 1 is 1.28 bits per heavy atom. The van der Waals surface area contributed by atoms with Gasteiger partial charge in [0.1, 0.15) is 18.1 Å². The molecule has 18 heavy (non-hydrogen) atoms. The van der Waals surface area contributed by atoms with Crippen molar-refractivity contribution in [2.75, 3.05) is 7.11 Å². The monoisotopic (exact) mass is 327 g/mol. The van der Waals surface area contributed by atoms with Gasteiger partial charge in [-0.15, -0.1) is 11.3 Å². The van der Waals surface area contributed by atoms with Crippen LogP contribution in [-0.2, 0) is 13.2 Å². The van der Waals surface area contributed by atoms with Gasteiger partial charge in [0.15, 0.2) is 0 Å². The molecule has 2 N–H and O–H groups in total. The molecular formula is C13H14BrNO2S. The zero-order valence-corrected chi connectivity index (χ0v) is 12.4. The Labute approximate surface area is 119 Å². The van der Waals surface area contributed by atoms with Crippen LogP contribution in [0.4, 0.5) is 0 Å². The molecule has 0 unspecified atom stereocenters. The molecule has 0 radical (unpaired) electrons. The third-order valence-corrected chi connectivity index (χ3v) is 4.09. The summed E-state index contributed by atoms with van der Waals surface area (Å²) in [5.74, 6) is 1.55. The van der Waals surface area contributed by atoms with E-state index in [9.17, 15) is 0 Å². The van der Waals surface area contributed by atoms with Crippen LogP contribution >= 0.6 is 27.3 Å². The first-order valence-electron chi connectivity index (χ1n) is 5.47. The van der Waals surface area contributed by atoms with Crippen LogP contribution in [0.1, 0.15) is 10.4 Å². The van der Waals surface area contributed by atoms with Gasteiger partial charge in [0.25, 0.3) is 0 Å². The van der Waals surface area contributed by atoms with Crippen LogP contribution in [0.5, 0.6) is 11.5 Å². The summed E-state index contributed by atoms with van der Waals surface area (Å²) >= 11 is 5.09. The minimum absolute atomic E-state index is 0.452. The molecule has 0 saturated heterocycles. The Hall–Kier alpha value is -1.04. The molecule has 0 saturated carbocycles. The fourth-order valence-corrected chi connectivity index (χ4v) is 2.94. The molecule has 0 spiro atoms. The highest BCUT2D eigenvalue weighted by atomic mass is 79.9. The smallest absolute Gasteiger partial charge is 0.128 e. The first-order valence-corrected chi connectivity index (χ1v) is 7.08. The average Bonchev–Trinajstić information content (AvgIpc) is 2.81. The Balaban J connectivity index is 2.11. The second-order valence-electron chi connectivity index (χ2n) is 3.67. The molecule has 0 atom stereocenters. The van der Waals surface area contributed by atoms with Crippen molar-refractivity contribution in [2.45, 2.75) is 13.2 Å². The van der Waals surface area contributed by atoms with Gasteiger partial charge in [-0.05, 0) is 34.1 Å². The third-order valence-electron chi connectivity index (χ3n) is 2.49. The maximum Gasteiger partial charge on any atom is 0.128 e. The summed E-state index contributed by atoms with van der Waals surface area (Å²) in [6, 6.07) is 9.73. The van der Waals surface area contributed by atoms with Crippen LogP contribution in [0.2, 0.25) is 0 Å². The highest BCUT2D eigenvalue weighted by Crippen LogP contribution is 2.27. The van der Waals surface area contributed by atoms with E-state index in [1.807, 2.05) is 30.3 Å². The van der Waals surface area contributed by atoms with E-state index in [1.165, 1.54) is 0 Å². The molecule has 0 fully saturated rings. The van der Waals surface area contributed by atoms with Crippen LogP contribution < -0.4 is 15.2 Å². The van der Waals surface area contributed by atoms with Crippen LogP contribution in [-0.4, -0.2) is 7.11 Å². The summed E-state index contributed by atoms with van der Waals surface area (Å²) in [5.41, 5.74) is 6.67. The average molecular weight is 328 g/mol. The van der Waals surface area contributed by atoms with Gasteiger partial charge in [0.05, 0.1) is 10.9 Å². The number of benzene rings is 1. The maximum atomic E-state index is 5.80. The Morgan fingerprint density at radius 3 is 2.72 bits per heavy atom. The van der Waals surface area contributed by atoms with E-state index in [0.29, 0.717) is 13.2 Å². The largest absolute Gasteiger partial charge is 0.497 e. The molecule has 0 aliphatic carbocycles. The minimum Gasteiger partial charge on any atom is -0.497 e. The molecule has 0 aliphatic heterocycles. The normalized spacial score (nSPS) is 10.4. The number of hydrogen-bond donors (Lipinski definition) is 1. The molecule has 0 bridgehead atoms. The predicted octanol–water partition coefficient (Wildman–Crippen LogP) is 3.56. The van der Waals surface area contributed by atoms with Gasteiger partial charge in [0.2, 0.25) is 0 Å². The molecule has 5 heteroatoms. The predicted molar refractivity (Wildman–Crippen MR) is 77.2 cm³/mol. The van der Waals surface area contributed by atoms with Gasteiger partial charge >= 0.3 is 0 Å². The molecule has 0 amide bonds. The molecule has 1 heterocycles. The van der Waals surface area contributed by atoms with Gasteiger partial charge in [-0.25, -0.2) is 0 Å². The number of methoxy groups -OCH3 is 1. The Kier molecular flexibility index (Phi) is 4.63. The molecule has 96 valence electrons. The molecule has 0 aliphatic rings. The zero-order valence-electron chi connectivity index (χ0n) is 9.98. The van der Waals surface area contributed by atoms with Gasteiger partial charge in [-0.3, -0.25) is 0 Å². The van der Waals surface area contributed by atoms with Crippen LogP contribution in [0, 0.1) is 0 Å². The second kappa shape index (κ2) is 6.22. The van der Waals surface area contributed by atoms with E-state index < -0.39 is 0 Å². The van der Waals surface area contributed by atoms with Crippen molar-refractivity contribution in [3.63, 3.8) is 0 Å². The highest BCUT2D eigenvalue weighted by Gasteiger charge is 2.06. The maximum absolute atomic E-state index is 5.80. The van der Waals surface area contributed by atoms with Crippen molar-refractivity contribution in [2.24, 2.45) is 5.73 Å². The van der Waals surface area contributed by atoms with Gasteiger partial charge in [0, 0.05) is 23.1 Å². The van der Waals surface area contributed by atoms with E-state index >= 15 is 0 Å². The summed E-state index contributed by atoms with van der Waals surface area (Å²) < 4.78 is 12.1. The summed E-state index contributed by atoms with van der Waals surface area (Å²) in [6.07, 6.45) is 0. The lowest BCUT2D eigenvalue weighted by atomic mass is 10.2. The lowest BCUT2D eigenvalue weighted by Gasteiger charge is -2.11. The SMILES string of the molecule is COc1ccc(CN)c(OCc2ccc(Br)s2)c1. The lowest BCUT2D eigenvalue weighted by molar-refractivity contribution is 0.304. The fraction of sp³-hybridized carbons (Fsp3) is 0.231. The van der Waals surface area contributed by atoms with E-state index in [2.05, 4.69) is 15.9 Å². The lowest BCUT2D eigenvalue weighted by Crippen LogP contribution is -2.02. The Morgan fingerprint density at radius 2 is 2.11 bits per heavy atom. The summed E-state index contributed by atoms with van der Waals surface area (Å²) in [5, 5.41) is 0. The molecular weight excluding hydrogens is 314 g/mol. The number of nitrogens with two attached hydrogens (primary N) is 1. The fourth-order valence-electron chi connectivity index (χ4n) is 1.54. The summed E-state index contributed by atoms with van der Waals surface area (Å²) in [4.78, 5) is 1.16. The van der Waals surface area contributed by atoms with Crippen molar-refractivity contribution < 1.29 is 9.47 Å². The van der Waals surface area contributed by atoms with Gasteiger partial charge in [-0.1, -0.05) is 6.07 Å². The number of ether oxygens (including phenoxy) is 2. The van der Waals surface area contributed by atoms with Gasteiger partial charge < -0.3 is 15.2 Å². The standard InChI is InChI=1S/C13H14BrNO2S/c1-16-10-3-2-9(7-15)12(6-10)17-8-11-4-5-13(14)18-11/h2-6H,7-8,15H2,1H3. The quantitative estimate of drug-likeness (QED) is 0.913. The second-order valence-corrected chi connectivity index (χ2v) is 6.22. The highest BCUT2D eigenvalue weighted by molar-refractivity contribution is 9.11. The van der Waals surface area contributed by atoms with Crippen molar-refractivity contribution in [3.8, 4) is 11.5 Å². The minimum atomic E-state index is 0.452. The van der Waals surface area contributed by atoms with Crippen LogP contribution in [0.15, 0.2) is 34.1 Å². The van der Waals surface area contributed by atoms with E-state index in [1.54, 1.807) is 18.4 Å². The molecule has 1 aromatic carbocycles.